The van der Waals surface area contributed by atoms with Crippen LogP contribution in [0.25, 0.3) is 0 Å². The molecule has 0 unspecified atom stereocenters. The average molecular weight is 323 g/mol. The first-order valence-corrected chi connectivity index (χ1v) is 8.12. The molecule has 1 aromatic rings. The Balaban J connectivity index is 1.69. The number of carbonyl (C=O) groups is 1. The van der Waals surface area contributed by atoms with Gasteiger partial charge in [0, 0.05) is 36.8 Å². The zero-order valence-electron chi connectivity index (χ0n) is 12.9. The summed E-state index contributed by atoms with van der Waals surface area (Å²) in [5, 5.41) is 9.92. The van der Waals surface area contributed by atoms with Crippen molar-refractivity contribution < 1.29 is 4.79 Å². The standard InChI is InChI=1S/C16H23ClN4O/c1-2-18-16(21-11-12-3-4-12)20-10-9-19-15(22)13-5-7-14(17)8-6-13/h5-8,12H,2-4,9-11H2,1H3,(H,19,22)(H2,18,20,21). The van der Waals surface area contributed by atoms with Crippen molar-refractivity contribution in [3.63, 3.8) is 0 Å². The van der Waals surface area contributed by atoms with Crippen LogP contribution in [0.5, 0.6) is 0 Å². The molecule has 0 heterocycles. The largest absolute Gasteiger partial charge is 0.357 e. The van der Waals surface area contributed by atoms with Crippen LogP contribution in [0.15, 0.2) is 29.3 Å². The van der Waals surface area contributed by atoms with Gasteiger partial charge in [0.1, 0.15) is 0 Å². The molecule has 1 aliphatic rings. The number of halogens is 1. The number of amides is 1. The van der Waals surface area contributed by atoms with Crippen molar-refractivity contribution in [2.24, 2.45) is 10.9 Å². The van der Waals surface area contributed by atoms with Crippen molar-refractivity contribution in [2.75, 3.05) is 26.2 Å². The Morgan fingerprint density at radius 2 is 1.86 bits per heavy atom. The van der Waals surface area contributed by atoms with Crippen LogP contribution in [0.2, 0.25) is 5.02 Å². The zero-order chi connectivity index (χ0) is 15.8. The lowest BCUT2D eigenvalue weighted by Crippen LogP contribution is -2.41. The number of guanidine groups is 1. The van der Waals surface area contributed by atoms with Gasteiger partial charge in [-0.05, 0) is 49.9 Å². The Labute approximate surface area is 136 Å². The first-order chi connectivity index (χ1) is 10.7. The highest BCUT2D eigenvalue weighted by atomic mass is 35.5. The van der Waals surface area contributed by atoms with Crippen molar-refractivity contribution in [3.8, 4) is 0 Å². The molecule has 1 saturated carbocycles. The third kappa shape index (κ3) is 5.93. The quantitative estimate of drug-likeness (QED) is 0.409. The normalized spacial score (nSPS) is 14.5. The number of hydrogen-bond donors (Lipinski definition) is 3. The van der Waals surface area contributed by atoms with Crippen LogP contribution in [0.3, 0.4) is 0 Å². The van der Waals surface area contributed by atoms with Gasteiger partial charge in [-0.2, -0.15) is 0 Å². The number of aliphatic imine (C=N–C) groups is 1. The molecule has 1 aromatic carbocycles. The molecule has 0 aliphatic heterocycles. The summed E-state index contributed by atoms with van der Waals surface area (Å²) in [5.41, 5.74) is 0.610. The van der Waals surface area contributed by atoms with Crippen molar-refractivity contribution in [1.82, 2.24) is 16.0 Å². The van der Waals surface area contributed by atoms with Crippen molar-refractivity contribution >= 4 is 23.5 Å². The predicted octanol–water partition coefficient (Wildman–Crippen LogP) is 2.03. The summed E-state index contributed by atoms with van der Waals surface area (Å²) in [7, 11) is 0. The molecule has 22 heavy (non-hydrogen) atoms. The molecule has 0 radical (unpaired) electrons. The first kappa shape index (κ1) is 16.6. The monoisotopic (exact) mass is 322 g/mol. The summed E-state index contributed by atoms with van der Waals surface area (Å²) in [5.74, 6) is 1.48. The van der Waals surface area contributed by atoms with E-state index in [1.54, 1.807) is 24.3 Å². The Kier molecular flexibility index (Phi) is 6.52. The van der Waals surface area contributed by atoms with E-state index in [-0.39, 0.29) is 5.91 Å². The van der Waals surface area contributed by atoms with E-state index in [9.17, 15) is 4.79 Å². The fourth-order valence-electron chi connectivity index (χ4n) is 1.92. The van der Waals surface area contributed by atoms with Crippen LogP contribution in [0.4, 0.5) is 0 Å². The predicted molar refractivity (Wildman–Crippen MR) is 90.5 cm³/mol. The summed E-state index contributed by atoms with van der Waals surface area (Å²) < 4.78 is 0. The second kappa shape index (κ2) is 8.63. The lowest BCUT2D eigenvalue weighted by molar-refractivity contribution is 0.0954. The lowest BCUT2D eigenvalue weighted by Gasteiger charge is -2.11. The van der Waals surface area contributed by atoms with Crippen molar-refractivity contribution in [2.45, 2.75) is 19.8 Å². The third-order valence-electron chi connectivity index (χ3n) is 3.36. The van der Waals surface area contributed by atoms with Crippen LogP contribution in [0.1, 0.15) is 30.1 Å². The minimum atomic E-state index is -0.0987. The summed E-state index contributed by atoms with van der Waals surface area (Å²) in [6, 6.07) is 6.85. The van der Waals surface area contributed by atoms with E-state index in [1.807, 2.05) is 6.92 Å². The highest BCUT2D eigenvalue weighted by Crippen LogP contribution is 2.28. The fourth-order valence-corrected chi connectivity index (χ4v) is 2.05. The molecule has 3 N–H and O–H groups in total. The number of nitrogens with one attached hydrogen (secondary N) is 3. The second-order valence-electron chi connectivity index (χ2n) is 5.35. The van der Waals surface area contributed by atoms with Crippen LogP contribution < -0.4 is 16.0 Å². The van der Waals surface area contributed by atoms with Crippen molar-refractivity contribution in [1.29, 1.82) is 0 Å². The number of rotatable bonds is 7. The molecular weight excluding hydrogens is 300 g/mol. The highest BCUT2D eigenvalue weighted by molar-refractivity contribution is 6.30. The molecule has 6 heteroatoms. The molecule has 0 bridgehead atoms. The summed E-state index contributed by atoms with van der Waals surface area (Å²) in [6.45, 7) is 4.92. The number of hydrogen-bond acceptors (Lipinski definition) is 2. The van der Waals surface area contributed by atoms with E-state index in [4.69, 9.17) is 11.6 Å². The van der Waals surface area contributed by atoms with Gasteiger partial charge in [-0.15, -0.1) is 0 Å². The van der Waals surface area contributed by atoms with E-state index >= 15 is 0 Å². The van der Waals surface area contributed by atoms with Gasteiger partial charge in [0.05, 0.1) is 0 Å². The number of benzene rings is 1. The van der Waals surface area contributed by atoms with Gasteiger partial charge >= 0.3 is 0 Å². The molecule has 1 fully saturated rings. The molecule has 0 aromatic heterocycles. The van der Waals surface area contributed by atoms with E-state index in [0.717, 1.165) is 25.0 Å². The smallest absolute Gasteiger partial charge is 0.251 e. The Hall–Kier alpha value is -1.75. The SMILES string of the molecule is CCNC(=NCC1CC1)NCCNC(=O)c1ccc(Cl)cc1. The van der Waals surface area contributed by atoms with Crippen molar-refractivity contribution in [3.05, 3.63) is 34.9 Å². The van der Waals surface area contributed by atoms with Gasteiger partial charge in [0.15, 0.2) is 5.96 Å². The molecule has 0 saturated heterocycles. The van der Waals surface area contributed by atoms with Crippen LogP contribution in [-0.2, 0) is 0 Å². The molecule has 5 nitrogen and oxygen atoms in total. The molecule has 0 atom stereocenters. The topological polar surface area (TPSA) is 65.5 Å². The minimum Gasteiger partial charge on any atom is -0.357 e. The summed E-state index contributed by atoms with van der Waals surface area (Å²) in [6.07, 6.45) is 2.58. The maximum Gasteiger partial charge on any atom is 0.251 e. The summed E-state index contributed by atoms with van der Waals surface area (Å²) >= 11 is 5.80. The summed E-state index contributed by atoms with van der Waals surface area (Å²) in [4.78, 5) is 16.4. The molecular formula is C16H23ClN4O. The van der Waals surface area contributed by atoms with E-state index in [0.29, 0.717) is 23.7 Å². The van der Waals surface area contributed by atoms with Gasteiger partial charge in [0.25, 0.3) is 5.91 Å². The molecule has 1 amide bonds. The van der Waals surface area contributed by atoms with E-state index < -0.39 is 0 Å². The molecule has 0 spiro atoms. The van der Waals surface area contributed by atoms with Crippen LogP contribution >= 0.6 is 11.6 Å². The minimum absolute atomic E-state index is 0.0987. The Bertz CT molecular complexity index is 511. The van der Waals surface area contributed by atoms with E-state index in [1.165, 1.54) is 12.8 Å². The van der Waals surface area contributed by atoms with E-state index in [2.05, 4.69) is 20.9 Å². The van der Waals surface area contributed by atoms with Gasteiger partial charge in [-0.25, -0.2) is 0 Å². The third-order valence-corrected chi connectivity index (χ3v) is 3.61. The maximum absolute atomic E-state index is 11.9. The van der Waals surface area contributed by atoms with Gasteiger partial charge in [-0.3, -0.25) is 9.79 Å². The Morgan fingerprint density at radius 1 is 1.18 bits per heavy atom. The van der Waals surface area contributed by atoms with Gasteiger partial charge in [-0.1, -0.05) is 11.6 Å². The second-order valence-corrected chi connectivity index (χ2v) is 5.79. The molecule has 1 aliphatic carbocycles. The number of nitrogens with zero attached hydrogens (tertiary/aromatic N) is 1. The average Bonchev–Trinajstić information content (AvgIpc) is 3.33. The molecule has 120 valence electrons. The molecule has 2 rings (SSSR count). The zero-order valence-corrected chi connectivity index (χ0v) is 13.6. The maximum atomic E-state index is 11.9. The fraction of sp³-hybridized carbons (Fsp3) is 0.500. The Morgan fingerprint density at radius 3 is 2.50 bits per heavy atom. The first-order valence-electron chi connectivity index (χ1n) is 7.75. The number of carbonyl (C=O) groups excluding carboxylic acids is 1. The van der Waals surface area contributed by atoms with Crippen LogP contribution in [0, 0.1) is 5.92 Å². The van der Waals surface area contributed by atoms with Crippen LogP contribution in [-0.4, -0.2) is 38.0 Å². The lowest BCUT2D eigenvalue weighted by atomic mass is 10.2. The van der Waals surface area contributed by atoms with Gasteiger partial charge in [0.2, 0.25) is 0 Å². The highest BCUT2D eigenvalue weighted by Gasteiger charge is 2.20. The van der Waals surface area contributed by atoms with Gasteiger partial charge < -0.3 is 16.0 Å².